The van der Waals surface area contributed by atoms with Crippen LogP contribution in [0.3, 0.4) is 0 Å². The first-order valence-corrected chi connectivity index (χ1v) is 4.06. The second kappa shape index (κ2) is 3.91. The Morgan fingerprint density at radius 3 is 2.71 bits per heavy atom. The van der Waals surface area contributed by atoms with Crippen LogP contribution in [0.4, 0.5) is 0 Å². The lowest BCUT2D eigenvalue weighted by atomic mass is 10.2. The molecule has 1 aromatic heterocycles. The monoisotopic (exact) mass is 197 g/mol. The van der Waals surface area contributed by atoms with Gasteiger partial charge >= 0.3 is 5.97 Å². The molecule has 0 saturated carbocycles. The average molecular weight is 197 g/mol. The van der Waals surface area contributed by atoms with Crippen LogP contribution in [-0.4, -0.2) is 26.8 Å². The highest BCUT2D eigenvalue weighted by atomic mass is 16.4. The van der Waals surface area contributed by atoms with Crippen molar-refractivity contribution in [3.63, 3.8) is 0 Å². The van der Waals surface area contributed by atoms with Crippen molar-refractivity contribution in [1.29, 1.82) is 0 Å². The van der Waals surface area contributed by atoms with Crippen molar-refractivity contribution in [3.05, 3.63) is 17.5 Å². The zero-order valence-corrected chi connectivity index (χ0v) is 7.73. The smallest absolute Gasteiger partial charge is 0.339 e. The van der Waals surface area contributed by atoms with Gasteiger partial charge < -0.3 is 10.8 Å². The molecule has 0 spiro atoms. The highest BCUT2D eigenvalue weighted by Crippen LogP contribution is 2.07. The summed E-state index contributed by atoms with van der Waals surface area (Å²) < 4.78 is 1.45. The van der Waals surface area contributed by atoms with Gasteiger partial charge in [0, 0.05) is 18.7 Å². The van der Waals surface area contributed by atoms with Gasteiger partial charge in [0.1, 0.15) is 5.56 Å². The molecular weight excluding hydrogens is 186 g/mol. The molecule has 0 saturated heterocycles. The fourth-order valence-electron chi connectivity index (χ4n) is 1.10. The maximum Gasteiger partial charge on any atom is 0.339 e. The van der Waals surface area contributed by atoms with Crippen LogP contribution >= 0.6 is 0 Å². The zero-order valence-electron chi connectivity index (χ0n) is 7.73. The predicted octanol–water partition coefficient (Wildman–Crippen LogP) is -0.235. The number of aryl methyl sites for hydroxylation is 1. The molecule has 14 heavy (non-hydrogen) atoms. The third-order valence-corrected chi connectivity index (χ3v) is 1.90. The first-order chi connectivity index (χ1) is 6.52. The number of amides is 1. The van der Waals surface area contributed by atoms with Gasteiger partial charge in [-0.25, -0.2) is 4.79 Å². The number of aromatic nitrogens is 2. The molecule has 1 amide bonds. The van der Waals surface area contributed by atoms with Gasteiger partial charge in [0.15, 0.2) is 0 Å². The quantitative estimate of drug-likeness (QED) is 0.696. The number of hydrogen-bond donors (Lipinski definition) is 2. The largest absolute Gasteiger partial charge is 0.478 e. The Bertz CT molecular complexity index is 370. The third-order valence-electron chi connectivity index (χ3n) is 1.90. The van der Waals surface area contributed by atoms with Gasteiger partial charge in [-0.05, 0) is 6.92 Å². The van der Waals surface area contributed by atoms with E-state index in [9.17, 15) is 9.59 Å². The van der Waals surface area contributed by atoms with Crippen LogP contribution in [-0.2, 0) is 11.3 Å². The Labute approximate surface area is 80.3 Å². The summed E-state index contributed by atoms with van der Waals surface area (Å²) in [5, 5.41) is 12.5. The highest BCUT2D eigenvalue weighted by Gasteiger charge is 2.12. The average Bonchev–Trinajstić information content (AvgIpc) is 2.43. The van der Waals surface area contributed by atoms with Crippen LogP contribution in [0, 0.1) is 6.92 Å². The SMILES string of the molecule is Cc1c(C(=O)O)cnn1CCC(N)=O. The lowest BCUT2D eigenvalue weighted by Crippen LogP contribution is -2.15. The van der Waals surface area contributed by atoms with Crippen molar-refractivity contribution in [1.82, 2.24) is 9.78 Å². The van der Waals surface area contributed by atoms with Crippen molar-refractivity contribution >= 4 is 11.9 Å². The molecular formula is C8H11N3O3. The van der Waals surface area contributed by atoms with Crippen molar-refractivity contribution in [2.24, 2.45) is 5.73 Å². The summed E-state index contributed by atoms with van der Waals surface area (Å²) in [6, 6.07) is 0. The van der Waals surface area contributed by atoms with E-state index < -0.39 is 11.9 Å². The lowest BCUT2D eigenvalue weighted by molar-refractivity contribution is -0.118. The standard InChI is InChI=1S/C8H11N3O3/c1-5-6(8(13)14)4-10-11(5)3-2-7(9)12/h4H,2-3H2,1H3,(H2,9,12)(H,13,14). The van der Waals surface area contributed by atoms with E-state index >= 15 is 0 Å². The van der Waals surface area contributed by atoms with Crippen molar-refractivity contribution in [2.45, 2.75) is 19.9 Å². The number of primary amides is 1. The van der Waals surface area contributed by atoms with E-state index in [2.05, 4.69) is 5.10 Å². The van der Waals surface area contributed by atoms with Crippen molar-refractivity contribution < 1.29 is 14.7 Å². The number of nitrogens with two attached hydrogens (primary N) is 1. The Hall–Kier alpha value is -1.85. The van der Waals surface area contributed by atoms with Gasteiger partial charge in [-0.2, -0.15) is 5.10 Å². The van der Waals surface area contributed by atoms with E-state index in [4.69, 9.17) is 10.8 Å². The number of aromatic carboxylic acids is 1. The molecule has 0 aliphatic rings. The molecule has 0 unspecified atom stereocenters. The number of carbonyl (C=O) groups excluding carboxylic acids is 1. The Morgan fingerprint density at radius 1 is 1.64 bits per heavy atom. The predicted molar refractivity (Wildman–Crippen MR) is 47.7 cm³/mol. The van der Waals surface area contributed by atoms with Gasteiger partial charge in [-0.1, -0.05) is 0 Å². The molecule has 0 aliphatic carbocycles. The molecule has 3 N–H and O–H groups in total. The molecule has 0 aliphatic heterocycles. The molecule has 76 valence electrons. The molecule has 0 atom stereocenters. The third kappa shape index (κ3) is 2.09. The second-order valence-corrected chi connectivity index (χ2v) is 2.89. The van der Waals surface area contributed by atoms with Crippen LogP contribution in [0.5, 0.6) is 0 Å². The number of carboxylic acid groups (broad SMARTS) is 1. The van der Waals surface area contributed by atoms with Crippen molar-refractivity contribution in [3.8, 4) is 0 Å². The van der Waals surface area contributed by atoms with Gasteiger partial charge in [-0.15, -0.1) is 0 Å². The minimum Gasteiger partial charge on any atom is -0.478 e. The van der Waals surface area contributed by atoms with Gasteiger partial charge in [-0.3, -0.25) is 9.48 Å². The second-order valence-electron chi connectivity index (χ2n) is 2.89. The first kappa shape index (κ1) is 10.2. The number of carboxylic acids is 1. The van der Waals surface area contributed by atoms with Crippen LogP contribution < -0.4 is 5.73 Å². The van der Waals surface area contributed by atoms with Crippen LogP contribution in [0.15, 0.2) is 6.20 Å². The molecule has 1 rings (SSSR count). The van der Waals surface area contributed by atoms with Gasteiger partial charge in [0.05, 0.1) is 6.20 Å². The first-order valence-electron chi connectivity index (χ1n) is 4.06. The Kier molecular flexibility index (Phi) is 2.85. The minimum atomic E-state index is -1.02. The van der Waals surface area contributed by atoms with Gasteiger partial charge in [0.25, 0.3) is 0 Å². The number of carbonyl (C=O) groups is 2. The summed E-state index contributed by atoms with van der Waals surface area (Å²) >= 11 is 0. The fourth-order valence-corrected chi connectivity index (χ4v) is 1.10. The minimum absolute atomic E-state index is 0.148. The van der Waals surface area contributed by atoms with Crippen LogP contribution in [0.2, 0.25) is 0 Å². The van der Waals surface area contributed by atoms with E-state index in [0.29, 0.717) is 12.2 Å². The maximum absolute atomic E-state index is 10.6. The molecule has 0 radical (unpaired) electrons. The summed E-state index contributed by atoms with van der Waals surface area (Å²) in [5.74, 6) is -1.45. The summed E-state index contributed by atoms with van der Waals surface area (Å²) in [7, 11) is 0. The molecule has 0 bridgehead atoms. The molecule has 0 aromatic carbocycles. The normalized spacial score (nSPS) is 10.1. The van der Waals surface area contributed by atoms with E-state index in [-0.39, 0.29) is 12.0 Å². The topological polar surface area (TPSA) is 98.2 Å². The number of nitrogens with zero attached hydrogens (tertiary/aromatic N) is 2. The lowest BCUT2D eigenvalue weighted by Gasteiger charge is -2.01. The van der Waals surface area contributed by atoms with Crippen LogP contribution in [0.1, 0.15) is 22.5 Å². The zero-order chi connectivity index (χ0) is 10.7. The Morgan fingerprint density at radius 2 is 2.29 bits per heavy atom. The summed E-state index contributed by atoms with van der Waals surface area (Å²) in [6.45, 7) is 1.95. The van der Waals surface area contributed by atoms with E-state index in [1.807, 2.05) is 0 Å². The van der Waals surface area contributed by atoms with E-state index in [0.717, 1.165) is 0 Å². The van der Waals surface area contributed by atoms with Crippen LogP contribution in [0.25, 0.3) is 0 Å². The Balaban J connectivity index is 2.79. The number of hydrogen-bond acceptors (Lipinski definition) is 3. The summed E-state index contributed by atoms with van der Waals surface area (Å²) in [6.07, 6.45) is 1.42. The fraction of sp³-hybridized carbons (Fsp3) is 0.375. The van der Waals surface area contributed by atoms with Gasteiger partial charge in [0.2, 0.25) is 5.91 Å². The van der Waals surface area contributed by atoms with Crippen molar-refractivity contribution in [2.75, 3.05) is 0 Å². The number of rotatable bonds is 4. The molecule has 0 fully saturated rings. The van der Waals surface area contributed by atoms with E-state index in [1.54, 1.807) is 6.92 Å². The maximum atomic E-state index is 10.6. The molecule has 1 heterocycles. The van der Waals surface area contributed by atoms with E-state index in [1.165, 1.54) is 10.9 Å². The summed E-state index contributed by atoms with van der Waals surface area (Å²) in [4.78, 5) is 21.1. The molecule has 1 aromatic rings. The molecule has 6 nitrogen and oxygen atoms in total. The highest BCUT2D eigenvalue weighted by molar-refractivity contribution is 5.88. The summed E-state index contributed by atoms with van der Waals surface area (Å²) in [5.41, 5.74) is 5.63. The molecule has 6 heteroatoms.